The average Bonchev–Trinajstić information content (AvgIpc) is 3.06. The molecule has 23 heavy (non-hydrogen) atoms. The Morgan fingerprint density at radius 3 is 2.96 bits per heavy atom. The molecule has 0 aliphatic heterocycles. The number of benzene rings is 1. The molecule has 5 nitrogen and oxygen atoms in total. The van der Waals surface area contributed by atoms with E-state index < -0.39 is 5.91 Å². The number of carbonyl (C=O) groups excluding carboxylic acids is 1. The number of hydrogen-bond donors (Lipinski definition) is 1. The summed E-state index contributed by atoms with van der Waals surface area (Å²) in [5.74, 6) is 0.765. The van der Waals surface area contributed by atoms with Gasteiger partial charge in [0.25, 0.3) is 5.91 Å². The summed E-state index contributed by atoms with van der Waals surface area (Å²) in [4.78, 5) is 12.1. The summed E-state index contributed by atoms with van der Waals surface area (Å²) in [6.45, 7) is 2.59. The minimum atomic E-state index is -0.466. The van der Waals surface area contributed by atoms with Crippen LogP contribution in [0.25, 0.3) is 6.08 Å². The molecular formula is C17H15BrN2O3. The molecule has 0 fully saturated rings. The van der Waals surface area contributed by atoms with Crippen LogP contribution in [-0.4, -0.2) is 12.5 Å². The summed E-state index contributed by atoms with van der Waals surface area (Å²) >= 11 is 3.37. The quantitative estimate of drug-likeness (QED) is 0.618. The maximum Gasteiger partial charge on any atom is 0.262 e. The highest BCUT2D eigenvalue weighted by molar-refractivity contribution is 9.10. The monoisotopic (exact) mass is 374 g/mol. The van der Waals surface area contributed by atoms with Gasteiger partial charge in [0.1, 0.15) is 23.2 Å². The van der Waals surface area contributed by atoms with Crippen LogP contribution in [0.3, 0.4) is 0 Å². The number of halogens is 1. The van der Waals surface area contributed by atoms with E-state index in [-0.39, 0.29) is 12.1 Å². The number of ether oxygens (including phenoxy) is 1. The summed E-state index contributed by atoms with van der Waals surface area (Å²) < 4.78 is 11.5. The first-order chi connectivity index (χ1) is 11.1. The Hall–Kier alpha value is -2.52. The van der Waals surface area contributed by atoms with Gasteiger partial charge in [-0.05, 0) is 43.3 Å². The lowest BCUT2D eigenvalue weighted by Crippen LogP contribution is -2.23. The minimum absolute atomic E-state index is 0.00407. The Morgan fingerprint density at radius 1 is 1.48 bits per heavy atom. The Morgan fingerprint density at radius 2 is 2.30 bits per heavy atom. The summed E-state index contributed by atoms with van der Waals surface area (Å²) in [5.41, 5.74) is 0.654. The molecule has 0 atom stereocenters. The van der Waals surface area contributed by atoms with Crippen molar-refractivity contribution in [1.82, 2.24) is 5.32 Å². The van der Waals surface area contributed by atoms with Crippen LogP contribution >= 0.6 is 15.9 Å². The van der Waals surface area contributed by atoms with Crippen LogP contribution < -0.4 is 10.1 Å². The van der Waals surface area contributed by atoms with E-state index in [2.05, 4.69) is 21.2 Å². The third-order valence-corrected chi connectivity index (χ3v) is 3.43. The molecule has 2 rings (SSSR count). The fraction of sp³-hybridized carbons (Fsp3) is 0.176. The summed E-state index contributed by atoms with van der Waals surface area (Å²) in [6.07, 6.45) is 3.03. The standard InChI is InChI=1S/C17H15BrN2O3/c1-2-22-16-6-5-14(18)9-12(16)8-13(10-19)17(21)20-11-15-4-3-7-23-15/h3-9H,2,11H2,1H3,(H,20,21)/b13-8-. The van der Waals surface area contributed by atoms with Crippen molar-refractivity contribution >= 4 is 27.9 Å². The van der Waals surface area contributed by atoms with E-state index in [9.17, 15) is 10.1 Å². The number of rotatable bonds is 6. The molecule has 0 saturated carbocycles. The first kappa shape index (κ1) is 16.8. The molecule has 0 spiro atoms. The number of nitrogens with one attached hydrogen (secondary N) is 1. The van der Waals surface area contributed by atoms with E-state index in [1.165, 1.54) is 12.3 Å². The molecule has 2 aromatic rings. The topological polar surface area (TPSA) is 75.3 Å². The van der Waals surface area contributed by atoms with Crippen molar-refractivity contribution in [2.45, 2.75) is 13.5 Å². The highest BCUT2D eigenvalue weighted by Gasteiger charge is 2.11. The van der Waals surface area contributed by atoms with E-state index in [4.69, 9.17) is 9.15 Å². The van der Waals surface area contributed by atoms with Gasteiger partial charge in [-0.1, -0.05) is 15.9 Å². The van der Waals surface area contributed by atoms with Gasteiger partial charge in [0, 0.05) is 10.0 Å². The lowest BCUT2D eigenvalue weighted by molar-refractivity contribution is -0.117. The number of nitriles is 1. The predicted octanol–water partition coefficient (Wildman–Crippen LogP) is 3.66. The van der Waals surface area contributed by atoms with Gasteiger partial charge in [-0.25, -0.2) is 0 Å². The van der Waals surface area contributed by atoms with Crippen molar-refractivity contribution in [3.63, 3.8) is 0 Å². The zero-order valence-corrected chi connectivity index (χ0v) is 14.1. The van der Waals surface area contributed by atoms with Gasteiger partial charge in [0.2, 0.25) is 0 Å². The molecule has 0 aliphatic carbocycles. The summed E-state index contributed by atoms with van der Waals surface area (Å²) in [7, 11) is 0. The number of amides is 1. The van der Waals surface area contributed by atoms with Gasteiger partial charge < -0.3 is 14.5 Å². The molecule has 6 heteroatoms. The predicted molar refractivity (Wildman–Crippen MR) is 89.5 cm³/mol. The molecule has 0 saturated heterocycles. The van der Waals surface area contributed by atoms with Crippen molar-refractivity contribution in [1.29, 1.82) is 5.26 Å². The van der Waals surface area contributed by atoms with Crippen molar-refractivity contribution in [2.75, 3.05) is 6.61 Å². The second-order valence-corrected chi connectivity index (χ2v) is 5.46. The van der Waals surface area contributed by atoms with Gasteiger partial charge in [0.05, 0.1) is 19.4 Å². The number of furan rings is 1. The van der Waals surface area contributed by atoms with Crippen LogP contribution in [-0.2, 0) is 11.3 Å². The molecule has 1 aromatic carbocycles. The zero-order valence-electron chi connectivity index (χ0n) is 12.5. The third-order valence-electron chi connectivity index (χ3n) is 2.94. The molecular weight excluding hydrogens is 360 g/mol. The first-order valence-electron chi connectivity index (χ1n) is 6.98. The van der Waals surface area contributed by atoms with Crippen molar-refractivity contribution in [3.05, 3.63) is 58.0 Å². The second kappa shape index (κ2) is 8.20. The van der Waals surface area contributed by atoms with Crippen LogP contribution in [0.4, 0.5) is 0 Å². The molecule has 1 N–H and O–H groups in total. The van der Waals surface area contributed by atoms with Crippen LogP contribution in [0.1, 0.15) is 18.2 Å². The summed E-state index contributed by atoms with van der Waals surface area (Å²) in [5, 5.41) is 11.9. The highest BCUT2D eigenvalue weighted by atomic mass is 79.9. The normalized spacial score (nSPS) is 10.9. The van der Waals surface area contributed by atoms with Crippen molar-refractivity contribution < 1.29 is 13.9 Å². The van der Waals surface area contributed by atoms with E-state index in [1.54, 1.807) is 24.3 Å². The molecule has 1 heterocycles. The zero-order chi connectivity index (χ0) is 16.7. The Balaban J connectivity index is 2.19. The van der Waals surface area contributed by atoms with Crippen LogP contribution in [0.5, 0.6) is 5.75 Å². The van der Waals surface area contributed by atoms with Crippen LogP contribution in [0.15, 0.2) is 51.1 Å². The van der Waals surface area contributed by atoms with E-state index in [0.29, 0.717) is 23.7 Å². The highest BCUT2D eigenvalue weighted by Crippen LogP contribution is 2.25. The van der Waals surface area contributed by atoms with Crippen LogP contribution in [0, 0.1) is 11.3 Å². The fourth-order valence-corrected chi connectivity index (χ4v) is 2.28. The fourth-order valence-electron chi connectivity index (χ4n) is 1.90. The Kier molecular flexibility index (Phi) is 6.01. The SMILES string of the molecule is CCOc1ccc(Br)cc1/C=C(/C#N)C(=O)NCc1ccco1. The number of carbonyl (C=O) groups is 1. The Bertz CT molecular complexity index is 746. The molecule has 0 radical (unpaired) electrons. The maximum atomic E-state index is 12.1. The summed E-state index contributed by atoms with van der Waals surface area (Å²) in [6, 6.07) is 10.8. The molecule has 1 amide bonds. The van der Waals surface area contributed by atoms with Crippen LogP contribution in [0.2, 0.25) is 0 Å². The van der Waals surface area contributed by atoms with E-state index in [0.717, 1.165) is 4.47 Å². The molecule has 0 unspecified atom stereocenters. The van der Waals surface area contributed by atoms with Crippen molar-refractivity contribution in [2.24, 2.45) is 0 Å². The molecule has 0 aliphatic rings. The lowest BCUT2D eigenvalue weighted by atomic mass is 10.1. The third kappa shape index (κ3) is 4.73. The van der Waals surface area contributed by atoms with E-state index >= 15 is 0 Å². The van der Waals surface area contributed by atoms with Gasteiger partial charge in [-0.2, -0.15) is 5.26 Å². The van der Waals surface area contributed by atoms with Gasteiger partial charge in [0.15, 0.2) is 0 Å². The maximum absolute atomic E-state index is 12.1. The first-order valence-corrected chi connectivity index (χ1v) is 7.78. The number of nitrogens with zero attached hydrogens (tertiary/aromatic N) is 1. The molecule has 1 aromatic heterocycles. The minimum Gasteiger partial charge on any atom is -0.493 e. The number of hydrogen-bond acceptors (Lipinski definition) is 4. The van der Waals surface area contributed by atoms with E-state index in [1.807, 2.05) is 19.1 Å². The lowest BCUT2D eigenvalue weighted by Gasteiger charge is -2.08. The van der Waals surface area contributed by atoms with Crippen molar-refractivity contribution in [3.8, 4) is 11.8 Å². The smallest absolute Gasteiger partial charge is 0.262 e. The van der Waals surface area contributed by atoms with Gasteiger partial charge >= 0.3 is 0 Å². The largest absolute Gasteiger partial charge is 0.493 e. The second-order valence-electron chi connectivity index (χ2n) is 4.55. The average molecular weight is 375 g/mol. The van der Waals surface area contributed by atoms with Gasteiger partial charge in [-0.15, -0.1) is 0 Å². The molecule has 118 valence electrons. The Labute approximate surface area is 142 Å². The molecule has 0 bridgehead atoms. The van der Waals surface area contributed by atoms with Gasteiger partial charge in [-0.3, -0.25) is 4.79 Å².